The zero-order valence-electron chi connectivity index (χ0n) is 11.2. The van der Waals surface area contributed by atoms with Crippen molar-refractivity contribution in [2.24, 2.45) is 7.05 Å². The summed E-state index contributed by atoms with van der Waals surface area (Å²) in [5.41, 5.74) is 1.23. The highest BCUT2D eigenvalue weighted by Crippen LogP contribution is 2.22. The highest BCUT2D eigenvalue weighted by atomic mass is 16.5. The van der Waals surface area contributed by atoms with Crippen LogP contribution in [-0.2, 0) is 20.0 Å². The van der Waals surface area contributed by atoms with E-state index < -0.39 is 0 Å². The number of ether oxygens (including phenoxy) is 1. The Balaban J connectivity index is 1.83. The minimum atomic E-state index is 0.898. The Kier molecular flexibility index (Phi) is 2.99. The summed E-state index contributed by atoms with van der Waals surface area (Å²) in [6.07, 6.45) is 6.87. The molecular formula is C15H17N3O. The van der Waals surface area contributed by atoms with E-state index in [1.165, 1.54) is 10.9 Å². The number of hydrogen-bond donors (Lipinski definition) is 0. The molecule has 0 aliphatic rings. The van der Waals surface area contributed by atoms with Crippen LogP contribution in [0.2, 0.25) is 0 Å². The first kappa shape index (κ1) is 11.8. The molecule has 0 spiro atoms. The summed E-state index contributed by atoms with van der Waals surface area (Å²) in [6, 6.07) is 8.29. The summed E-state index contributed by atoms with van der Waals surface area (Å²) in [7, 11) is 3.72. The van der Waals surface area contributed by atoms with Crippen LogP contribution in [0, 0.1) is 0 Å². The summed E-state index contributed by atoms with van der Waals surface area (Å²) in [5.74, 6) is 2.00. The van der Waals surface area contributed by atoms with Gasteiger partial charge in [0, 0.05) is 49.5 Å². The number of aromatic nitrogens is 3. The SMILES string of the molecule is COc1ccc2c(ccn2CCc2nccn2C)c1. The first-order chi connectivity index (χ1) is 9.28. The molecule has 0 saturated heterocycles. The predicted molar refractivity (Wildman–Crippen MR) is 75.4 cm³/mol. The van der Waals surface area contributed by atoms with Crippen molar-refractivity contribution in [1.82, 2.24) is 14.1 Å². The van der Waals surface area contributed by atoms with Crippen LogP contribution in [0.25, 0.3) is 10.9 Å². The van der Waals surface area contributed by atoms with Crippen LogP contribution < -0.4 is 4.74 Å². The van der Waals surface area contributed by atoms with Crippen molar-refractivity contribution in [2.75, 3.05) is 7.11 Å². The second kappa shape index (κ2) is 4.80. The van der Waals surface area contributed by atoms with Gasteiger partial charge in [0.05, 0.1) is 7.11 Å². The van der Waals surface area contributed by atoms with Crippen LogP contribution in [0.1, 0.15) is 5.82 Å². The Bertz CT molecular complexity index is 696. The average molecular weight is 255 g/mol. The molecule has 3 rings (SSSR count). The quantitative estimate of drug-likeness (QED) is 0.717. The molecule has 0 aliphatic heterocycles. The molecule has 2 heterocycles. The molecule has 0 N–H and O–H groups in total. The van der Waals surface area contributed by atoms with Crippen molar-refractivity contribution < 1.29 is 4.74 Å². The maximum absolute atomic E-state index is 5.24. The summed E-state index contributed by atoms with van der Waals surface area (Å²) in [4.78, 5) is 4.35. The number of methoxy groups -OCH3 is 1. The minimum absolute atomic E-state index is 0.898. The molecule has 0 atom stereocenters. The summed E-state index contributed by atoms with van der Waals surface area (Å²) < 4.78 is 9.56. The van der Waals surface area contributed by atoms with Crippen molar-refractivity contribution in [3.8, 4) is 5.75 Å². The molecule has 4 heteroatoms. The number of benzene rings is 1. The van der Waals surface area contributed by atoms with E-state index in [9.17, 15) is 0 Å². The highest BCUT2D eigenvalue weighted by molar-refractivity contribution is 5.81. The Hall–Kier alpha value is -2.23. The Labute approximate surface area is 112 Å². The molecule has 0 fully saturated rings. The maximum Gasteiger partial charge on any atom is 0.119 e. The van der Waals surface area contributed by atoms with Gasteiger partial charge in [-0.1, -0.05) is 0 Å². The van der Waals surface area contributed by atoms with Crippen molar-refractivity contribution in [3.63, 3.8) is 0 Å². The van der Waals surface area contributed by atoms with Gasteiger partial charge in [-0.15, -0.1) is 0 Å². The fourth-order valence-corrected chi connectivity index (χ4v) is 2.36. The van der Waals surface area contributed by atoms with Gasteiger partial charge in [0.15, 0.2) is 0 Å². The molecule has 0 amide bonds. The van der Waals surface area contributed by atoms with Crippen LogP contribution in [0.5, 0.6) is 5.75 Å². The third-order valence-electron chi connectivity index (χ3n) is 3.48. The normalized spacial score (nSPS) is 11.1. The van der Waals surface area contributed by atoms with Crippen LogP contribution in [-0.4, -0.2) is 21.2 Å². The van der Waals surface area contributed by atoms with E-state index in [1.54, 1.807) is 7.11 Å². The standard InChI is InChI=1S/C15H17N3O/c1-17-10-7-16-15(17)6-9-18-8-5-12-11-13(19-2)3-4-14(12)18/h3-5,7-8,10-11H,6,9H2,1-2H3. The predicted octanol–water partition coefficient (Wildman–Crippen LogP) is 2.63. The third-order valence-corrected chi connectivity index (χ3v) is 3.48. The summed E-state index contributed by atoms with van der Waals surface area (Å²) in [5, 5.41) is 1.21. The molecule has 1 aromatic carbocycles. The molecule has 2 aromatic heterocycles. The summed E-state index contributed by atoms with van der Waals surface area (Å²) >= 11 is 0. The first-order valence-corrected chi connectivity index (χ1v) is 6.37. The lowest BCUT2D eigenvalue weighted by Gasteiger charge is -2.06. The van der Waals surface area contributed by atoms with Crippen molar-refractivity contribution in [2.45, 2.75) is 13.0 Å². The topological polar surface area (TPSA) is 32.0 Å². The number of fused-ring (bicyclic) bond motifs is 1. The van der Waals surface area contributed by atoms with Gasteiger partial charge in [0.25, 0.3) is 0 Å². The Morgan fingerprint density at radius 1 is 1.21 bits per heavy atom. The van der Waals surface area contributed by atoms with Crippen LogP contribution in [0.4, 0.5) is 0 Å². The Morgan fingerprint density at radius 3 is 2.84 bits per heavy atom. The van der Waals surface area contributed by atoms with E-state index >= 15 is 0 Å². The van der Waals surface area contributed by atoms with Crippen LogP contribution in [0.15, 0.2) is 42.9 Å². The second-order valence-electron chi connectivity index (χ2n) is 4.64. The van der Waals surface area contributed by atoms with Gasteiger partial charge in [-0.3, -0.25) is 0 Å². The van der Waals surface area contributed by atoms with Crippen molar-refractivity contribution >= 4 is 10.9 Å². The number of rotatable bonds is 4. The molecule has 4 nitrogen and oxygen atoms in total. The molecule has 0 saturated carbocycles. The van der Waals surface area contributed by atoms with Gasteiger partial charge in [-0.25, -0.2) is 4.98 Å². The average Bonchev–Trinajstić information content (AvgIpc) is 3.02. The number of imidazole rings is 1. The molecule has 0 radical (unpaired) electrons. The molecule has 0 bridgehead atoms. The second-order valence-corrected chi connectivity index (χ2v) is 4.64. The fourth-order valence-electron chi connectivity index (χ4n) is 2.36. The number of hydrogen-bond acceptors (Lipinski definition) is 2. The highest BCUT2D eigenvalue weighted by Gasteiger charge is 2.04. The van der Waals surface area contributed by atoms with Gasteiger partial charge in [-0.2, -0.15) is 0 Å². The Morgan fingerprint density at radius 2 is 2.11 bits per heavy atom. The van der Waals surface area contributed by atoms with E-state index in [0.29, 0.717) is 0 Å². The lowest BCUT2D eigenvalue weighted by Crippen LogP contribution is -2.04. The van der Waals surface area contributed by atoms with Crippen LogP contribution in [0.3, 0.4) is 0 Å². The van der Waals surface area contributed by atoms with Crippen LogP contribution >= 0.6 is 0 Å². The van der Waals surface area contributed by atoms with Gasteiger partial charge >= 0.3 is 0 Å². The largest absolute Gasteiger partial charge is 0.497 e. The molecule has 3 aromatic rings. The lowest BCUT2D eigenvalue weighted by atomic mass is 10.2. The van der Waals surface area contributed by atoms with Gasteiger partial charge < -0.3 is 13.9 Å². The molecule has 98 valence electrons. The fraction of sp³-hybridized carbons (Fsp3) is 0.267. The molecule has 19 heavy (non-hydrogen) atoms. The van der Waals surface area contributed by atoms with E-state index in [4.69, 9.17) is 4.74 Å². The molecule has 0 aliphatic carbocycles. The monoisotopic (exact) mass is 255 g/mol. The third kappa shape index (κ3) is 2.21. The van der Waals surface area contributed by atoms with Crippen molar-refractivity contribution in [3.05, 3.63) is 48.7 Å². The van der Waals surface area contributed by atoms with Gasteiger partial charge in [0.2, 0.25) is 0 Å². The zero-order chi connectivity index (χ0) is 13.2. The molecule has 0 unspecified atom stereocenters. The number of aryl methyl sites for hydroxylation is 3. The molecular weight excluding hydrogens is 238 g/mol. The maximum atomic E-state index is 5.24. The number of nitrogens with zero attached hydrogens (tertiary/aromatic N) is 3. The first-order valence-electron chi connectivity index (χ1n) is 6.37. The van der Waals surface area contributed by atoms with Gasteiger partial charge in [-0.05, 0) is 24.3 Å². The zero-order valence-corrected chi connectivity index (χ0v) is 11.2. The van der Waals surface area contributed by atoms with E-state index in [-0.39, 0.29) is 0 Å². The van der Waals surface area contributed by atoms with Crippen molar-refractivity contribution in [1.29, 1.82) is 0 Å². The lowest BCUT2D eigenvalue weighted by molar-refractivity contribution is 0.415. The smallest absolute Gasteiger partial charge is 0.119 e. The van der Waals surface area contributed by atoms with E-state index in [1.807, 2.05) is 25.5 Å². The van der Waals surface area contributed by atoms with E-state index in [0.717, 1.165) is 24.5 Å². The summed E-state index contributed by atoms with van der Waals surface area (Å²) in [6.45, 7) is 0.931. The van der Waals surface area contributed by atoms with E-state index in [2.05, 4.69) is 38.5 Å². The minimum Gasteiger partial charge on any atom is -0.497 e. The van der Waals surface area contributed by atoms with Gasteiger partial charge in [0.1, 0.15) is 11.6 Å².